The number of aryl methyl sites for hydroxylation is 2. The van der Waals surface area contributed by atoms with Gasteiger partial charge < -0.3 is 4.90 Å². The Balaban J connectivity index is 1.76. The Labute approximate surface area is 137 Å². The molecule has 2 heterocycles. The second kappa shape index (κ2) is 5.24. The van der Waals surface area contributed by atoms with Crippen LogP contribution in [0, 0.1) is 6.92 Å². The zero-order valence-electron chi connectivity index (χ0n) is 13.6. The smallest absolute Gasteiger partial charge is 0.0725 e. The highest BCUT2D eigenvalue weighted by atomic mass is 15.2. The van der Waals surface area contributed by atoms with Crippen molar-refractivity contribution in [3.8, 4) is 0 Å². The number of aromatic nitrogens is 1. The molecule has 114 valence electrons. The van der Waals surface area contributed by atoms with E-state index in [0.717, 1.165) is 29.9 Å². The van der Waals surface area contributed by atoms with Gasteiger partial charge in [0.25, 0.3) is 0 Å². The highest BCUT2D eigenvalue weighted by molar-refractivity contribution is 5.90. The summed E-state index contributed by atoms with van der Waals surface area (Å²) in [7, 11) is 0. The molecule has 0 radical (unpaired) electrons. The topological polar surface area (TPSA) is 16.1 Å². The third-order valence-corrected chi connectivity index (χ3v) is 4.80. The Kier molecular flexibility index (Phi) is 3.19. The Morgan fingerprint density at radius 3 is 2.83 bits per heavy atom. The highest BCUT2D eigenvalue weighted by Crippen LogP contribution is 2.37. The summed E-state index contributed by atoms with van der Waals surface area (Å²) < 4.78 is 0. The fourth-order valence-corrected chi connectivity index (χ4v) is 3.36. The number of pyridine rings is 1. The average Bonchev–Trinajstić information content (AvgIpc) is 2.91. The van der Waals surface area contributed by atoms with Crippen molar-refractivity contribution in [2.45, 2.75) is 26.8 Å². The molecule has 4 rings (SSSR count). The van der Waals surface area contributed by atoms with Crippen LogP contribution in [0.15, 0.2) is 55.2 Å². The maximum atomic E-state index is 4.52. The van der Waals surface area contributed by atoms with Gasteiger partial charge in [-0.15, -0.1) is 0 Å². The van der Waals surface area contributed by atoms with E-state index in [0.29, 0.717) is 0 Å². The monoisotopic (exact) mass is 300 g/mol. The van der Waals surface area contributed by atoms with Crippen molar-refractivity contribution in [1.29, 1.82) is 0 Å². The van der Waals surface area contributed by atoms with Gasteiger partial charge in [0.1, 0.15) is 0 Å². The number of nitrogens with zero attached hydrogens (tertiary/aromatic N) is 2. The lowest BCUT2D eigenvalue weighted by molar-refractivity contribution is 1.04. The first-order chi connectivity index (χ1) is 11.2. The lowest BCUT2D eigenvalue weighted by atomic mass is 10.0. The van der Waals surface area contributed by atoms with E-state index in [1.54, 1.807) is 0 Å². The lowest BCUT2D eigenvalue weighted by Gasteiger charge is -2.20. The number of anilines is 1. The molecule has 0 N–H and O–H groups in total. The number of hydrogen-bond donors (Lipinski definition) is 0. The Morgan fingerprint density at radius 2 is 2.00 bits per heavy atom. The Bertz CT molecular complexity index is 924. The van der Waals surface area contributed by atoms with Gasteiger partial charge in [-0.05, 0) is 54.3 Å². The molecule has 2 nitrogen and oxygen atoms in total. The predicted octanol–water partition coefficient (Wildman–Crippen LogP) is 5.10. The van der Waals surface area contributed by atoms with Crippen LogP contribution < -0.4 is 4.90 Å². The molecule has 0 atom stereocenters. The van der Waals surface area contributed by atoms with E-state index in [2.05, 4.69) is 72.8 Å². The number of fused-ring (bicyclic) bond motifs is 2. The fourth-order valence-electron chi connectivity index (χ4n) is 3.36. The molecule has 1 aliphatic heterocycles. The van der Waals surface area contributed by atoms with E-state index in [1.165, 1.54) is 27.6 Å². The van der Waals surface area contributed by atoms with Crippen molar-refractivity contribution < 1.29 is 0 Å². The van der Waals surface area contributed by atoms with Crippen LogP contribution in [-0.4, -0.2) is 4.98 Å². The van der Waals surface area contributed by atoms with E-state index in [9.17, 15) is 0 Å². The summed E-state index contributed by atoms with van der Waals surface area (Å²) >= 11 is 0. The molecule has 0 aliphatic carbocycles. The largest absolute Gasteiger partial charge is 0.337 e. The first-order valence-electron chi connectivity index (χ1n) is 8.11. The normalized spacial score (nSPS) is 13.7. The van der Waals surface area contributed by atoms with Gasteiger partial charge in [-0.1, -0.05) is 31.7 Å². The molecule has 0 spiro atoms. The first-order valence-corrected chi connectivity index (χ1v) is 8.11. The van der Waals surface area contributed by atoms with Crippen LogP contribution >= 0.6 is 0 Å². The molecular formula is C21H20N2. The molecule has 2 heteroatoms. The van der Waals surface area contributed by atoms with Gasteiger partial charge in [0.2, 0.25) is 0 Å². The lowest BCUT2D eigenvalue weighted by Crippen LogP contribution is -2.12. The molecule has 0 saturated carbocycles. The van der Waals surface area contributed by atoms with Crippen molar-refractivity contribution in [2.24, 2.45) is 0 Å². The zero-order valence-corrected chi connectivity index (χ0v) is 13.6. The molecule has 1 aromatic heterocycles. The van der Waals surface area contributed by atoms with Gasteiger partial charge in [-0.25, -0.2) is 0 Å². The van der Waals surface area contributed by atoms with Crippen molar-refractivity contribution in [2.75, 3.05) is 4.90 Å². The molecule has 1 aliphatic rings. The maximum Gasteiger partial charge on any atom is 0.0725 e. The van der Waals surface area contributed by atoms with Gasteiger partial charge in [0.15, 0.2) is 0 Å². The third-order valence-electron chi connectivity index (χ3n) is 4.80. The fraction of sp³-hybridized carbons (Fsp3) is 0.190. The van der Waals surface area contributed by atoms with Gasteiger partial charge in [0, 0.05) is 35.1 Å². The quantitative estimate of drug-likeness (QED) is 0.655. The van der Waals surface area contributed by atoms with E-state index < -0.39 is 0 Å². The van der Waals surface area contributed by atoms with Gasteiger partial charge >= 0.3 is 0 Å². The number of hydrogen-bond acceptors (Lipinski definition) is 2. The van der Waals surface area contributed by atoms with Crippen molar-refractivity contribution in [3.05, 3.63) is 77.5 Å². The van der Waals surface area contributed by atoms with Gasteiger partial charge in [-0.3, -0.25) is 4.98 Å². The van der Waals surface area contributed by atoms with E-state index in [4.69, 9.17) is 0 Å². The van der Waals surface area contributed by atoms with Crippen molar-refractivity contribution in [1.82, 2.24) is 4.98 Å². The van der Waals surface area contributed by atoms with Crippen LogP contribution in [0.1, 0.15) is 29.2 Å². The molecule has 2 aromatic carbocycles. The minimum Gasteiger partial charge on any atom is -0.337 e. The SMILES string of the molecule is C=C1c2cc(CC)ccc2CN1c1ccc2c(C)ccnc2c1. The Hall–Kier alpha value is -2.61. The predicted molar refractivity (Wildman–Crippen MR) is 97.5 cm³/mol. The highest BCUT2D eigenvalue weighted by Gasteiger charge is 2.23. The van der Waals surface area contributed by atoms with Crippen molar-refractivity contribution in [3.63, 3.8) is 0 Å². The Morgan fingerprint density at radius 1 is 1.13 bits per heavy atom. The maximum absolute atomic E-state index is 4.52. The molecule has 0 bridgehead atoms. The zero-order chi connectivity index (χ0) is 16.0. The molecule has 0 amide bonds. The van der Waals surface area contributed by atoms with E-state index >= 15 is 0 Å². The molecule has 0 fully saturated rings. The standard InChI is InChI=1S/C21H20N2/c1-4-16-5-6-17-13-23(15(3)20(17)11-16)18-7-8-19-14(2)9-10-22-21(19)12-18/h5-12H,3-4,13H2,1-2H3. The van der Waals surface area contributed by atoms with Crippen LogP contribution in [-0.2, 0) is 13.0 Å². The van der Waals surface area contributed by atoms with E-state index in [1.807, 2.05) is 6.20 Å². The third kappa shape index (κ3) is 2.22. The van der Waals surface area contributed by atoms with Crippen molar-refractivity contribution >= 4 is 22.3 Å². The first kappa shape index (κ1) is 14.0. The number of benzene rings is 2. The van der Waals surface area contributed by atoms with Crippen LogP contribution in [0.25, 0.3) is 16.6 Å². The summed E-state index contributed by atoms with van der Waals surface area (Å²) in [6.45, 7) is 9.53. The molecule has 3 aromatic rings. The summed E-state index contributed by atoms with van der Waals surface area (Å²) in [6, 6.07) is 15.3. The minimum absolute atomic E-state index is 0.884. The van der Waals surface area contributed by atoms with Gasteiger partial charge in [-0.2, -0.15) is 0 Å². The molecular weight excluding hydrogens is 280 g/mol. The van der Waals surface area contributed by atoms with Crippen LogP contribution in [0.3, 0.4) is 0 Å². The second-order valence-electron chi connectivity index (χ2n) is 6.21. The summed E-state index contributed by atoms with van der Waals surface area (Å²) in [4.78, 5) is 6.80. The van der Waals surface area contributed by atoms with Crippen LogP contribution in [0.4, 0.5) is 5.69 Å². The second-order valence-corrected chi connectivity index (χ2v) is 6.21. The van der Waals surface area contributed by atoms with E-state index in [-0.39, 0.29) is 0 Å². The molecule has 0 unspecified atom stereocenters. The summed E-state index contributed by atoms with van der Waals surface area (Å²) in [5.74, 6) is 0. The average molecular weight is 300 g/mol. The summed E-state index contributed by atoms with van der Waals surface area (Å²) in [5.41, 5.74) is 8.55. The van der Waals surface area contributed by atoms with Crippen LogP contribution in [0.2, 0.25) is 0 Å². The minimum atomic E-state index is 0.884. The molecule has 0 saturated heterocycles. The van der Waals surface area contributed by atoms with Gasteiger partial charge in [0.05, 0.1) is 5.52 Å². The number of rotatable bonds is 2. The van der Waals surface area contributed by atoms with Crippen LogP contribution in [0.5, 0.6) is 0 Å². The molecule has 23 heavy (non-hydrogen) atoms. The summed E-state index contributed by atoms with van der Waals surface area (Å²) in [6.07, 6.45) is 2.93. The summed E-state index contributed by atoms with van der Waals surface area (Å²) in [5, 5.41) is 1.21.